The number of rotatable bonds is 9. The van der Waals surface area contributed by atoms with Crippen molar-refractivity contribution in [2.45, 2.75) is 38.1 Å². The zero-order valence-electron chi connectivity index (χ0n) is 17.5. The minimum atomic E-state index is -0.471. The van der Waals surface area contributed by atoms with E-state index in [2.05, 4.69) is 15.5 Å². The second-order valence-electron chi connectivity index (χ2n) is 7.77. The molecule has 0 saturated carbocycles. The Morgan fingerprint density at radius 3 is 2.29 bits per heavy atom. The number of carbonyl (C=O) groups excluding carboxylic acids is 2. The van der Waals surface area contributed by atoms with Gasteiger partial charge in [-0.2, -0.15) is 0 Å². The van der Waals surface area contributed by atoms with Crippen LogP contribution in [0.5, 0.6) is 0 Å². The van der Waals surface area contributed by atoms with Gasteiger partial charge in [0, 0.05) is 56.3 Å². The predicted molar refractivity (Wildman–Crippen MR) is 119 cm³/mol. The summed E-state index contributed by atoms with van der Waals surface area (Å²) in [5, 5.41) is 16.6. The number of nitrogens with zero attached hydrogens (tertiary/aromatic N) is 2. The van der Waals surface area contributed by atoms with Gasteiger partial charge in [-0.05, 0) is 37.0 Å². The van der Waals surface area contributed by atoms with E-state index in [1.165, 1.54) is 29.8 Å². The number of nitro groups is 1. The number of piperidine rings is 1. The molecule has 0 unspecified atom stereocenters. The van der Waals surface area contributed by atoms with Crippen LogP contribution in [0.1, 0.15) is 31.2 Å². The lowest BCUT2D eigenvalue weighted by atomic mass is 10.0. The summed E-state index contributed by atoms with van der Waals surface area (Å²) in [7, 11) is 0. The average molecular weight is 425 g/mol. The highest BCUT2D eigenvalue weighted by Gasteiger charge is 2.21. The topological polar surface area (TPSA) is 105 Å². The van der Waals surface area contributed by atoms with Gasteiger partial charge in [-0.15, -0.1) is 0 Å². The van der Waals surface area contributed by atoms with Crippen LogP contribution >= 0.6 is 0 Å². The Hall–Kier alpha value is -3.26. The molecular formula is C23H28N4O4. The van der Waals surface area contributed by atoms with E-state index in [0.717, 1.165) is 32.4 Å². The van der Waals surface area contributed by atoms with Crippen molar-refractivity contribution in [3.63, 3.8) is 0 Å². The van der Waals surface area contributed by atoms with Gasteiger partial charge in [0.25, 0.3) is 5.69 Å². The summed E-state index contributed by atoms with van der Waals surface area (Å²) in [5.74, 6) is -0.0324. The van der Waals surface area contributed by atoms with Gasteiger partial charge >= 0.3 is 0 Å². The average Bonchev–Trinajstić information content (AvgIpc) is 2.78. The number of benzene rings is 2. The van der Waals surface area contributed by atoms with Crippen LogP contribution in [0.3, 0.4) is 0 Å². The van der Waals surface area contributed by atoms with Crippen LogP contribution in [-0.2, 0) is 16.0 Å². The van der Waals surface area contributed by atoms with Crippen molar-refractivity contribution in [2.24, 2.45) is 0 Å². The molecule has 1 fully saturated rings. The Balaban J connectivity index is 1.31. The van der Waals surface area contributed by atoms with Gasteiger partial charge in [-0.1, -0.05) is 30.3 Å². The van der Waals surface area contributed by atoms with E-state index in [0.29, 0.717) is 25.1 Å². The molecule has 2 aromatic rings. The van der Waals surface area contributed by atoms with Crippen molar-refractivity contribution in [3.05, 3.63) is 70.3 Å². The molecule has 31 heavy (non-hydrogen) atoms. The van der Waals surface area contributed by atoms with Crippen molar-refractivity contribution < 1.29 is 14.5 Å². The molecular weight excluding hydrogens is 396 g/mol. The van der Waals surface area contributed by atoms with E-state index in [4.69, 9.17) is 0 Å². The molecule has 0 aromatic heterocycles. The molecule has 1 aliphatic rings. The van der Waals surface area contributed by atoms with Crippen molar-refractivity contribution in [2.75, 3.05) is 25.0 Å². The summed E-state index contributed by atoms with van der Waals surface area (Å²) < 4.78 is 0. The van der Waals surface area contributed by atoms with Gasteiger partial charge in [-0.25, -0.2) is 0 Å². The van der Waals surface area contributed by atoms with Crippen LogP contribution in [0, 0.1) is 10.1 Å². The summed E-state index contributed by atoms with van der Waals surface area (Å²) in [6.45, 7) is 2.33. The highest BCUT2D eigenvalue weighted by atomic mass is 16.6. The fourth-order valence-corrected chi connectivity index (χ4v) is 3.65. The third-order valence-electron chi connectivity index (χ3n) is 5.45. The molecule has 2 N–H and O–H groups in total. The monoisotopic (exact) mass is 424 g/mol. The first kappa shape index (κ1) is 22.4. The van der Waals surface area contributed by atoms with E-state index in [1.807, 2.05) is 30.3 Å². The number of hydrogen-bond acceptors (Lipinski definition) is 5. The van der Waals surface area contributed by atoms with E-state index < -0.39 is 4.92 Å². The predicted octanol–water partition coefficient (Wildman–Crippen LogP) is 3.14. The maximum absolute atomic E-state index is 12.2. The molecule has 0 atom stereocenters. The largest absolute Gasteiger partial charge is 0.353 e. The van der Waals surface area contributed by atoms with Gasteiger partial charge in [0.2, 0.25) is 11.8 Å². The van der Waals surface area contributed by atoms with E-state index >= 15 is 0 Å². The number of carbonyl (C=O) groups is 2. The normalized spacial score (nSPS) is 14.7. The minimum Gasteiger partial charge on any atom is -0.353 e. The van der Waals surface area contributed by atoms with Gasteiger partial charge in [0.15, 0.2) is 0 Å². The van der Waals surface area contributed by atoms with Crippen LogP contribution in [0.15, 0.2) is 54.6 Å². The molecule has 1 heterocycles. The molecule has 164 valence electrons. The molecule has 0 aliphatic carbocycles. The standard InChI is InChI=1S/C23H28N4O4/c28-22(11-6-18-4-2-1-3-5-18)25-20-12-15-26(16-13-20)17-14-23(29)24-19-7-9-21(10-8-19)27(30)31/h1-5,7-10,20H,6,11-17H2,(H,24,29)(H,25,28). The van der Waals surface area contributed by atoms with Crippen molar-refractivity contribution >= 4 is 23.2 Å². The quantitative estimate of drug-likeness (QED) is 0.475. The Kier molecular flexibility index (Phi) is 8.12. The Labute approximate surface area is 181 Å². The number of anilines is 1. The highest BCUT2D eigenvalue weighted by Crippen LogP contribution is 2.16. The number of non-ortho nitro benzene ring substituents is 1. The van der Waals surface area contributed by atoms with E-state index in [1.54, 1.807) is 0 Å². The molecule has 1 saturated heterocycles. The molecule has 0 spiro atoms. The Bertz CT molecular complexity index is 878. The lowest BCUT2D eigenvalue weighted by Crippen LogP contribution is -2.45. The molecule has 2 aromatic carbocycles. The maximum atomic E-state index is 12.2. The number of nitrogens with one attached hydrogen (secondary N) is 2. The van der Waals surface area contributed by atoms with E-state index in [9.17, 15) is 19.7 Å². The summed E-state index contributed by atoms with van der Waals surface area (Å²) in [6, 6.07) is 16.0. The summed E-state index contributed by atoms with van der Waals surface area (Å²) in [6.07, 6.45) is 3.34. The maximum Gasteiger partial charge on any atom is 0.269 e. The number of amides is 2. The molecule has 0 bridgehead atoms. The van der Waals surface area contributed by atoms with Crippen LogP contribution < -0.4 is 10.6 Å². The summed E-state index contributed by atoms with van der Waals surface area (Å²) >= 11 is 0. The zero-order chi connectivity index (χ0) is 22.1. The Morgan fingerprint density at radius 1 is 0.968 bits per heavy atom. The van der Waals surface area contributed by atoms with E-state index in [-0.39, 0.29) is 23.5 Å². The molecule has 3 rings (SSSR count). The lowest BCUT2D eigenvalue weighted by molar-refractivity contribution is -0.384. The second kappa shape index (κ2) is 11.2. The van der Waals surface area contributed by atoms with Crippen LogP contribution in [-0.4, -0.2) is 47.3 Å². The van der Waals surface area contributed by atoms with Gasteiger partial charge in [0.05, 0.1) is 4.92 Å². The third-order valence-corrected chi connectivity index (χ3v) is 5.45. The second-order valence-corrected chi connectivity index (χ2v) is 7.77. The minimum absolute atomic E-state index is 0.00646. The zero-order valence-corrected chi connectivity index (χ0v) is 17.5. The third kappa shape index (κ3) is 7.49. The lowest BCUT2D eigenvalue weighted by Gasteiger charge is -2.32. The number of nitro benzene ring substituents is 1. The van der Waals surface area contributed by atoms with Crippen LogP contribution in [0.2, 0.25) is 0 Å². The molecule has 0 radical (unpaired) electrons. The highest BCUT2D eigenvalue weighted by molar-refractivity contribution is 5.90. The number of hydrogen-bond donors (Lipinski definition) is 2. The smallest absolute Gasteiger partial charge is 0.269 e. The fourth-order valence-electron chi connectivity index (χ4n) is 3.65. The SMILES string of the molecule is O=C(CCN1CCC(NC(=O)CCc2ccccc2)CC1)Nc1ccc([N+](=O)[O-])cc1. The van der Waals surface area contributed by atoms with Gasteiger partial charge in [0.1, 0.15) is 0 Å². The van der Waals surface area contributed by atoms with Crippen LogP contribution in [0.4, 0.5) is 11.4 Å². The molecule has 2 amide bonds. The molecule has 8 nitrogen and oxygen atoms in total. The Morgan fingerprint density at radius 2 is 1.65 bits per heavy atom. The number of likely N-dealkylation sites (tertiary alicyclic amines) is 1. The summed E-state index contributed by atoms with van der Waals surface area (Å²) in [5.41, 5.74) is 1.71. The fraction of sp³-hybridized carbons (Fsp3) is 0.391. The molecule has 1 aliphatic heterocycles. The first-order valence-corrected chi connectivity index (χ1v) is 10.6. The van der Waals surface area contributed by atoms with Crippen LogP contribution in [0.25, 0.3) is 0 Å². The summed E-state index contributed by atoms with van der Waals surface area (Å²) in [4.78, 5) is 36.8. The first-order valence-electron chi connectivity index (χ1n) is 10.6. The molecule has 8 heteroatoms. The van der Waals surface area contributed by atoms with Crippen molar-refractivity contribution in [3.8, 4) is 0 Å². The first-order chi connectivity index (χ1) is 15.0. The van der Waals surface area contributed by atoms with Gasteiger partial charge < -0.3 is 15.5 Å². The van der Waals surface area contributed by atoms with Gasteiger partial charge in [-0.3, -0.25) is 19.7 Å². The number of aryl methyl sites for hydroxylation is 1. The van der Waals surface area contributed by atoms with Crippen molar-refractivity contribution in [1.82, 2.24) is 10.2 Å². The van der Waals surface area contributed by atoms with Crippen molar-refractivity contribution in [1.29, 1.82) is 0 Å².